The van der Waals surface area contributed by atoms with Gasteiger partial charge in [0.1, 0.15) is 11.6 Å². The van der Waals surface area contributed by atoms with Crippen LogP contribution in [0.1, 0.15) is 16.9 Å². The Kier molecular flexibility index (Phi) is 6.14. The molecule has 2 aromatic rings. The number of methoxy groups -OCH3 is 1. The van der Waals surface area contributed by atoms with Crippen molar-refractivity contribution in [3.05, 3.63) is 46.5 Å². The number of anilines is 1. The first-order valence-electron chi connectivity index (χ1n) is 6.93. The highest BCUT2D eigenvalue weighted by Gasteiger charge is 2.14. The Morgan fingerprint density at radius 1 is 1.48 bits per heavy atom. The molecule has 1 aromatic carbocycles. The van der Waals surface area contributed by atoms with Crippen LogP contribution in [0.5, 0.6) is 0 Å². The third-order valence-corrected chi connectivity index (χ3v) is 4.10. The number of hydrogen-bond donors (Lipinski definition) is 2. The summed E-state index contributed by atoms with van der Waals surface area (Å²) in [5.41, 5.74) is 5.83. The van der Waals surface area contributed by atoms with Gasteiger partial charge < -0.3 is 15.8 Å². The van der Waals surface area contributed by atoms with Gasteiger partial charge in [0.15, 0.2) is 5.13 Å². The van der Waals surface area contributed by atoms with E-state index in [0.717, 1.165) is 10.9 Å². The van der Waals surface area contributed by atoms with E-state index in [-0.39, 0.29) is 31.4 Å². The molecule has 0 saturated carbocycles. The molecule has 0 bridgehead atoms. The summed E-state index contributed by atoms with van der Waals surface area (Å²) in [6.45, 7) is 0.247. The number of halogens is 2. The van der Waals surface area contributed by atoms with E-state index < -0.39 is 11.6 Å². The molecule has 2 rings (SSSR count). The van der Waals surface area contributed by atoms with E-state index in [1.165, 1.54) is 30.6 Å². The standard InChI is InChI=1S/C15H17F2N3O2S/c1-22-11(7-18)6-14(21)20-15-19-8-12(23-15)4-9-2-3-10(16)5-13(9)17/h2-3,5,8,11H,4,6-7,18H2,1H3,(H,19,20,21). The molecule has 1 aromatic heterocycles. The highest BCUT2D eigenvalue weighted by Crippen LogP contribution is 2.23. The van der Waals surface area contributed by atoms with Crippen LogP contribution >= 0.6 is 11.3 Å². The van der Waals surface area contributed by atoms with Crippen molar-refractivity contribution >= 4 is 22.4 Å². The molecule has 0 spiro atoms. The predicted molar refractivity (Wildman–Crippen MR) is 84.4 cm³/mol. The highest BCUT2D eigenvalue weighted by atomic mass is 32.1. The number of nitrogens with zero attached hydrogens (tertiary/aromatic N) is 1. The maximum absolute atomic E-state index is 13.6. The second kappa shape index (κ2) is 8.09. The number of carbonyl (C=O) groups excluding carboxylic acids is 1. The minimum absolute atomic E-state index is 0.133. The Morgan fingerprint density at radius 2 is 2.26 bits per heavy atom. The molecular weight excluding hydrogens is 324 g/mol. The average Bonchev–Trinajstić information content (AvgIpc) is 2.94. The molecule has 5 nitrogen and oxygen atoms in total. The van der Waals surface area contributed by atoms with Crippen LogP contribution in [0, 0.1) is 11.6 Å². The van der Waals surface area contributed by atoms with Crippen molar-refractivity contribution < 1.29 is 18.3 Å². The molecule has 0 aliphatic carbocycles. The third-order valence-electron chi connectivity index (χ3n) is 3.19. The number of carbonyl (C=O) groups is 1. The number of hydrogen-bond acceptors (Lipinski definition) is 5. The van der Waals surface area contributed by atoms with E-state index >= 15 is 0 Å². The largest absolute Gasteiger partial charge is 0.380 e. The van der Waals surface area contributed by atoms with E-state index in [9.17, 15) is 13.6 Å². The number of aromatic nitrogens is 1. The van der Waals surface area contributed by atoms with E-state index in [2.05, 4.69) is 10.3 Å². The van der Waals surface area contributed by atoms with Crippen LogP contribution < -0.4 is 11.1 Å². The zero-order chi connectivity index (χ0) is 16.8. The lowest BCUT2D eigenvalue weighted by molar-refractivity contribution is -0.118. The smallest absolute Gasteiger partial charge is 0.228 e. The zero-order valence-corrected chi connectivity index (χ0v) is 13.3. The quantitative estimate of drug-likeness (QED) is 0.810. The topological polar surface area (TPSA) is 77.2 Å². The third kappa shape index (κ3) is 5.05. The molecule has 1 heterocycles. The van der Waals surface area contributed by atoms with Crippen molar-refractivity contribution in [1.29, 1.82) is 0 Å². The first-order valence-corrected chi connectivity index (χ1v) is 7.74. The molecule has 1 unspecified atom stereocenters. The fourth-order valence-corrected chi connectivity index (χ4v) is 2.79. The molecule has 23 heavy (non-hydrogen) atoms. The van der Waals surface area contributed by atoms with Crippen LogP contribution in [0.15, 0.2) is 24.4 Å². The highest BCUT2D eigenvalue weighted by molar-refractivity contribution is 7.15. The van der Waals surface area contributed by atoms with Crippen molar-refractivity contribution in [3.8, 4) is 0 Å². The molecule has 0 aliphatic heterocycles. The summed E-state index contributed by atoms with van der Waals surface area (Å²) in [7, 11) is 1.49. The lowest BCUT2D eigenvalue weighted by atomic mass is 10.1. The fourth-order valence-electron chi connectivity index (χ4n) is 1.94. The van der Waals surface area contributed by atoms with E-state index in [1.807, 2.05) is 0 Å². The zero-order valence-electron chi connectivity index (χ0n) is 12.5. The molecule has 3 N–H and O–H groups in total. The molecule has 124 valence electrons. The number of amides is 1. The molecule has 0 fully saturated rings. The SMILES string of the molecule is COC(CN)CC(=O)Nc1ncc(Cc2ccc(F)cc2F)s1. The van der Waals surface area contributed by atoms with Crippen LogP contribution in [-0.2, 0) is 16.0 Å². The molecule has 8 heteroatoms. The van der Waals surface area contributed by atoms with Gasteiger partial charge in [-0.05, 0) is 11.6 Å². The van der Waals surface area contributed by atoms with Gasteiger partial charge >= 0.3 is 0 Å². The Bertz CT molecular complexity index is 674. The fraction of sp³-hybridized carbons (Fsp3) is 0.333. The summed E-state index contributed by atoms with van der Waals surface area (Å²) in [6.07, 6.45) is 1.63. The Balaban J connectivity index is 1.96. The summed E-state index contributed by atoms with van der Waals surface area (Å²) in [6, 6.07) is 3.45. The van der Waals surface area contributed by atoms with Crippen molar-refractivity contribution in [2.24, 2.45) is 5.73 Å². The maximum atomic E-state index is 13.6. The van der Waals surface area contributed by atoms with Gasteiger partial charge in [-0.2, -0.15) is 0 Å². The summed E-state index contributed by atoms with van der Waals surface area (Å²) >= 11 is 1.24. The number of benzene rings is 1. The number of thiazole rings is 1. The second-order valence-corrected chi connectivity index (χ2v) is 6.01. The van der Waals surface area contributed by atoms with Crippen LogP contribution in [-0.4, -0.2) is 30.6 Å². The lowest BCUT2D eigenvalue weighted by Gasteiger charge is -2.11. The lowest BCUT2D eigenvalue weighted by Crippen LogP contribution is -2.28. The Morgan fingerprint density at radius 3 is 2.91 bits per heavy atom. The van der Waals surface area contributed by atoms with Crippen molar-refractivity contribution in [2.45, 2.75) is 18.9 Å². The van der Waals surface area contributed by atoms with Gasteiger partial charge in [-0.25, -0.2) is 13.8 Å². The number of nitrogens with two attached hydrogens (primary N) is 1. The second-order valence-electron chi connectivity index (χ2n) is 4.89. The van der Waals surface area contributed by atoms with Gasteiger partial charge in [0, 0.05) is 37.2 Å². The van der Waals surface area contributed by atoms with Crippen LogP contribution in [0.25, 0.3) is 0 Å². The number of nitrogens with one attached hydrogen (secondary N) is 1. The summed E-state index contributed by atoms with van der Waals surface area (Å²) in [5.74, 6) is -1.47. The van der Waals surface area contributed by atoms with Crippen LogP contribution in [0.4, 0.5) is 13.9 Å². The minimum Gasteiger partial charge on any atom is -0.380 e. The molecule has 1 atom stereocenters. The number of ether oxygens (including phenoxy) is 1. The summed E-state index contributed by atoms with van der Waals surface area (Å²) in [4.78, 5) is 16.7. The van der Waals surface area contributed by atoms with Gasteiger partial charge in [-0.1, -0.05) is 6.07 Å². The molecule has 0 aliphatic rings. The first-order chi connectivity index (χ1) is 11.0. The normalized spacial score (nSPS) is 12.2. The van der Waals surface area contributed by atoms with E-state index in [1.54, 1.807) is 6.20 Å². The Labute approximate surface area is 136 Å². The minimum atomic E-state index is -0.615. The average molecular weight is 341 g/mol. The number of rotatable bonds is 7. The molecule has 0 saturated heterocycles. The van der Waals surface area contributed by atoms with Gasteiger partial charge in [-0.15, -0.1) is 11.3 Å². The monoisotopic (exact) mass is 341 g/mol. The summed E-state index contributed by atoms with van der Waals surface area (Å²) < 4.78 is 31.5. The van der Waals surface area contributed by atoms with Crippen LogP contribution in [0.3, 0.4) is 0 Å². The first kappa shape index (κ1) is 17.5. The van der Waals surface area contributed by atoms with Crippen molar-refractivity contribution in [1.82, 2.24) is 4.98 Å². The molecule has 0 radical (unpaired) electrons. The predicted octanol–water partition coefficient (Wildman–Crippen LogP) is 2.31. The van der Waals surface area contributed by atoms with Crippen LogP contribution in [0.2, 0.25) is 0 Å². The van der Waals surface area contributed by atoms with Gasteiger partial charge in [0.2, 0.25) is 5.91 Å². The van der Waals surface area contributed by atoms with Gasteiger partial charge in [-0.3, -0.25) is 4.79 Å². The van der Waals surface area contributed by atoms with Crippen molar-refractivity contribution in [2.75, 3.05) is 19.0 Å². The Hall–Kier alpha value is -1.90. The van der Waals surface area contributed by atoms with E-state index in [0.29, 0.717) is 10.7 Å². The van der Waals surface area contributed by atoms with Gasteiger partial charge in [0.25, 0.3) is 0 Å². The summed E-state index contributed by atoms with van der Waals surface area (Å²) in [5, 5.41) is 3.07. The maximum Gasteiger partial charge on any atom is 0.228 e. The molecule has 1 amide bonds. The molecular formula is C15H17F2N3O2S. The van der Waals surface area contributed by atoms with E-state index in [4.69, 9.17) is 10.5 Å². The van der Waals surface area contributed by atoms with Gasteiger partial charge in [0.05, 0.1) is 12.5 Å². The van der Waals surface area contributed by atoms with Crippen molar-refractivity contribution in [3.63, 3.8) is 0 Å².